The lowest BCUT2D eigenvalue weighted by Crippen LogP contribution is -2.27. The second kappa shape index (κ2) is 6.89. The smallest absolute Gasteiger partial charge is 0.265 e. The van der Waals surface area contributed by atoms with Crippen LogP contribution in [-0.2, 0) is 4.79 Å². The summed E-state index contributed by atoms with van der Waals surface area (Å²) in [7, 11) is 0. The molecule has 1 unspecified atom stereocenters. The van der Waals surface area contributed by atoms with Crippen LogP contribution in [0.4, 0.5) is 5.82 Å². The zero-order valence-corrected chi connectivity index (χ0v) is 16.2. The molecule has 10 heteroatoms. The molecule has 1 aliphatic heterocycles. The molecule has 0 saturated heterocycles. The van der Waals surface area contributed by atoms with Gasteiger partial charge in [0.1, 0.15) is 11.6 Å². The van der Waals surface area contributed by atoms with Crippen LogP contribution in [0.1, 0.15) is 18.0 Å². The molecule has 29 heavy (non-hydrogen) atoms. The second-order valence-corrected chi connectivity index (χ2v) is 7.79. The third-order valence-electron chi connectivity index (χ3n) is 4.74. The van der Waals surface area contributed by atoms with Gasteiger partial charge in [0.25, 0.3) is 5.56 Å². The Labute approximate surface area is 168 Å². The molecule has 4 aromatic rings. The highest BCUT2D eigenvalue weighted by molar-refractivity contribution is 7.99. The molecule has 9 nitrogen and oxygen atoms in total. The summed E-state index contributed by atoms with van der Waals surface area (Å²) in [5.74, 6) is 0.708. The maximum absolute atomic E-state index is 13.1. The van der Waals surface area contributed by atoms with Gasteiger partial charge in [-0.1, -0.05) is 29.1 Å². The summed E-state index contributed by atoms with van der Waals surface area (Å²) in [5, 5.41) is 11.7. The minimum Gasteiger partial charge on any atom is -0.363 e. The van der Waals surface area contributed by atoms with Gasteiger partial charge in [-0.15, -0.1) is 0 Å². The number of carbonyl (C=O) groups excluding carboxylic acids is 1. The van der Waals surface area contributed by atoms with Crippen LogP contribution in [-0.4, -0.2) is 36.1 Å². The Hall–Kier alpha value is -3.40. The van der Waals surface area contributed by atoms with Crippen LogP contribution in [0.3, 0.4) is 0 Å². The van der Waals surface area contributed by atoms with Gasteiger partial charge in [-0.05, 0) is 24.6 Å². The Kier molecular flexibility index (Phi) is 4.20. The van der Waals surface area contributed by atoms with E-state index in [1.807, 2.05) is 31.2 Å². The van der Waals surface area contributed by atoms with Crippen molar-refractivity contribution in [3.05, 3.63) is 58.7 Å². The molecule has 1 aromatic carbocycles. The van der Waals surface area contributed by atoms with Gasteiger partial charge in [0.05, 0.1) is 17.9 Å². The first-order chi connectivity index (χ1) is 14.1. The molecule has 1 amide bonds. The normalized spacial score (nSPS) is 15.6. The second-order valence-electron chi connectivity index (χ2n) is 6.80. The maximum Gasteiger partial charge on any atom is 0.265 e. The standard InChI is InChI=1S/C19H16N6O3S/c1-11-3-2-4-12(7-11)25-17-14(9-20-25)18(27)24-13(10-29-19(24)22-17)8-16(26)21-15-5-6-28-23-15/h2-7,9,13H,8,10H2,1H3,(H,21,23,26). The van der Waals surface area contributed by atoms with E-state index in [1.165, 1.54) is 24.2 Å². The van der Waals surface area contributed by atoms with Gasteiger partial charge < -0.3 is 9.84 Å². The quantitative estimate of drug-likeness (QED) is 0.517. The van der Waals surface area contributed by atoms with Gasteiger partial charge in [-0.2, -0.15) is 5.10 Å². The lowest BCUT2D eigenvalue weighted by molar-refractivity contribution is -0.116. The number of hydrogen-bond donors (Lipinski definition) is 1. The van der Waals surface area contributed by atoms with Crippen molar-refractivity contribution in [2.75, 3.05) is 11.1 Å². The van der Waals surface area contributed by atoms with Crippen LogP contribution >= 0.6 is 11.8 Å². The van der Waals surface area contributed by atoms with Gasteiger partial charge in [-0.25, -0.2) is 9.67 Å². The van der Waals surface area contributed by atoms with Gasteiger partial charge in [-0.3, -0.25) is 14.2 Å². The number of amides is 1. The van der Waals surface area contributed by atoms with E-state index in [1.54, 1.807) is 15.3 Å². The van der Waals surface area contributed by atoms with Crippen LogP contribution < -0.4 is 10.9 Å². The first-order valence-corrected chi connectivity index (χ1v) is 9.99. The van der Waals surface area contributed by atoms with Crippen LogP contribution in [0.15, 0.2) is 57.3 Å². The monoisotopic (exact) mass is 408 g/mol. The molecule has 4 heterocycles. The summed E-state index contributed by atoms with van der Waals surface area (Å²) in [6, 6.07) is 9.13. The molecular formula is C19H16N6O3S. The fourth-order valence-corrected chi connectivity index (χ4v) is 4.54. The topological polar surface area (TPSA) is 108 Å². The Morgan fingerprint density at radius 1 is 1.38 bits per heavy atom. The number of nitrogens with zero attached hydrogens (tertiary/aromatic N) is 5. The van der Waals surface area contributed by atoms with Crippen LogP contribution in [0.25, 0.3) is 16.7 Å². The fourth-order valence-electron chi connectivity index (χ4n) is 3.41. The van der Waals surface area contributed by atoms with E-state index in [9.17, 15) is 9.59 Å². The zero-order chi connectivity index (χ0) is 20.0. The third kappa shape index (κ3) is 3.11. The van der Waals surface area contributed by atoms with Crippen molar-refractivity contribution >= 4 is 34.5 Å². The van der Waals surface area contributed by atoms with E-state index in [-0.39, 0.29) is 23.9 Å². The molecule has 1 N–H and O–H groups in total. The number of anilines is 1. The number of aryl methyl sites for hydroxylation is 1. The summed E-state index contributed by atoms with van der Waals surface area (Å²) >= 11 is 1.46. The molecule has 0 bridgehead atoms. The molecule has 0 spiro atoms. The molecule has 146 valence electrons. The number of aromatic nitrogens is 5. The average molecular weight is 408 g/mol. The van der Waals surface area contributed by atoms with Gasteiger partial charge >= 0.3 is 0 Å². The number of benzene rings is 1. The Balaban J connectivity index is 1.49. The molecule has 1 atom stereocenters. The predicted molar refractivity (Wildman–Crippen MR) is 107 cm³/mol. The van der Waals surface area contributed by atoms with Crippen molar-refractivity contribution < 1.29 is 9.32 Å². The highest BCUT2D eigenvalue weighted by atomic mass is 32.2. The van der Waals surface area contributed by atoms with E-state index < -0.39 is 0 Å². The highest BCUT2D eigenvalue weighted by Crippen LogP contribution is 2.33. The summed E-state index contributed by atoms with van der Waals surface area (Å²) < 4.78 is 7.98. The fraction of sp³-hybridized carbons (Fsp3) is 0.211. The molecule has 3 aromatic heterocycles. The van der Waals surface area contributed by atoms with Crippen LogP contribution in [0.2, 0.25) is 0 Å². The first-order valence-electron chi connectivity index (χ1n) is 9.00. The SMILES string of the molecule is Cc1cccc(-n2ncc3c(=O)n4c(nc32)SCC4CC(=O)Nc2ccon2)c1. The van der Waals surface area contributed by atoms with Gasteiger partial charge in [0, 0.05) is 18.2 Å². The summed E-state index contributed by atoms with van der Waals surface area (Å²) in [6.45, 7) is 2.00. The van der Waals surface area contributed by atoms with Crippen molar-refractivity contribution in [3.63, 3.8) is 0 Å². The summed E-state index contributed by atoms with van der Waals surface area (Å²) in [4.78, 5) is 30.1. The largest absolute Gasteiger partial charge is 0.363 e. The van der Waals surface area contributed by atoms with Crippen LogP contribution in [0.5, 0.6) is 0 Å². The van der Waals surface area contributed by atoms with E-state index in [0.29, 0.717) is 27.8 Å². The van der Waals surface area contributed by atoms with Gasteiger partial charge in [0.15, 0.2) is 16.6 Å². The molecule has 0 radical (unpaired) electrons. The maximum atomic E-state index is 13.1. The summed E-state index contributed by atoms with van der Waals surface area (Å²) in [5.41, 5.74) is 2.28. The van der Waals surface area contributed by atoms with Crippen molar-refractivity contribution in [1.82, 2.24) is 24.5 Å². The predicted octanol–water partition coefficient (Wildman–Crippen LogP) is 2.55. The number of fused-ring (bicyclic) bond motifs is 2. The first kappa shape index (κ1) is 17.7. The summed E-state index contributed by atoms with van der Waals surface area (Å²) in [6.07, 6.45) is 3.06. The number of carbonyl (C=O) groups is 1. The number of hydrogen-bond acceptors (Lipinski definition) is 7. The number of rotatable bonds is 4. The van der Waals surface area contributed by atoms with Crippen LogP contribution in [0, 0.1) is 6.92 Å². The van der Waals surface area contributed by atoms with Gasteiger partial charge in [0.2, 0.25) is 5.91 Å². The highest BCUT2D eigenvalue weighted by Gasteiger charge is 2.29. The molecule has 5 rings (SSSR count). The number of thioether (sulfide) groups is 1. The zero-order valence-electron chi connectivity index (χ0n) is 15.4. The molecule has 0 saturated carbocycles. The van der Waals surface area contributed by atoms with E-state index in [0.717, 1.165) is 11.3 Å². The Morgan fingerprint density at radius 2 is 2.28 bits per heavy atom. The molecular weight excluding hydrogens is 392 g/mol. The Bertz CT molecular complexity index is 1280. The Morgan fingerprint density at radius 3 is 3.07 bits per heavy atom. The lowest BCUT2D eigenvalue weighted by Gasteiger charge is -2.12. The van der Waals surface area contributed by atoms with Crippen molar-refractivity contribution in [2.45, 2.75) is 24.5 Å². The van der Waals surface area contributed by atoms with E-state index in [4.69, 9.17) is 4.52 Å². The average Bonchev–Trinajstić information content (AvgIpc) is 3.42. The molecule has 0 aliphatic carbocycles. The molecule has 1 aliphatic rings. The molecule has 0 fully saturated rings. The minimum absolute atomic E-state index is 0.145. The van der Waals surface area contributed by atoms with E-state index >= 15 is 0 Å². The van der Waals surface area contributed by atoms with Crippen molar-refractivity contribution in [3.8, 4) is 5.69 Å². The van der Waals surface area contributed by atoms with E-state index in [2.05, 4.69) is 20.6 Å². The van der Waals surface area contributed by atoms with Crippen molar-refractivity contribution in [2.24, 2.45) is 0 Å². The third-order valence-corrected chi connectivity index (χ3v) is 5.84. The number of nitrogens with one attached hydrogen (secondary N) is 1. The minimum atomic E-state index is -0.284. The lowest BCUT2D eigenvalue weighted by atomic mass is 10.2. The van der Waals surface area contributed by atoms with Crippen molar-refractivity contribution in [1.29, 1.82) is 0 Å².